The van der Waals surface area contributed by atoms with Crippen molar-refractivity contribution in [2.75, 3.05) is 0 Å². The highest BCUT2D eigenvalue weighted by Crippen LogP contribution is 2.45. The Morgan fingerprint density at radius 2 is 0.900 bits per heavy atom. The van der Waals surface area contributed by atoms with Crippen LogP contribution < -0.4 is 9.13 Å². The summed E-state index contributed by atoms with van der Waals surface area (Å²) in [5.74, 6) is -1.01. The number of ketones is 2. The smallest absolute Gasteiger partial charge is 0.367 e. The molecule has 50 heavy (non-hydrogen) atoms. The maximum atomic E-state index is 13.5. The third-order valence-electron chi connectivity index (χ3n) is 9.99. The predicted molar refractivity (Wildman–Crippen MR) is 189 cm³/mol. The van der Waals surface area contributed by atoms with Crippen molar-refractivity contribution in [3.05, 3.63) is 131 Å². The lowest BCUT2D eigenvalue weighted by molar-refractivity contribution is -0.685. The number of Topliss-reactive ketones (excluding diaryl/α,β-unsaturated/α-hetero) is 2. The molecule has 0 aliphatic heterocycles. The zero-order valence-corrected chi connectivity index (χ0v) is 28.1. The lowest BCUT2D eigenvalue weighted by Gasteiger charge is -2.24. The molecular formula is C42H38N2O6+2. The largest absolute Gasteiger partial charge is 0.510 e. The summed E-state index contributed by atoms with van der Waals surface area (Å²) in [5.41, 5.74) is 6.93. The molecule has 2 unspecified atom stereocenters. The number of carbonyl (C=O) groups is 2. The molecule has 0 saturated heterocycles. The molecule has 2 N–H and O–H groups in total. The molecule has 250 valence electrons. The first-order valence-electron chi connectivity index (χ1n) is 17.4. The third-order valence-corrected chi connectivity index (χ3v) is 9.99. The molecule has 0 saturated carbocycles. The van der Waals surface area contributed by atoms with E-state index in [9.17, 15) is 19.8 Å². The number of oxazole rings is 2. The number of benzene rings is 4. The number of fused-ring (bicyclic) bond motifs is 2. The lowest BCUT2D eigenvalue weighted by Crippen LogP contribution is -2.42. The fourth-order valence-corrected chi connectivity index (χ4v) is 7.25. The second kappa shape index (κ2) is 12.6. The Kier molecular flexibility index (Phi) is 7.94. The normalized spacial score (nSPS) is 17.6. The van der Waals surface area contributed by atoms with E-state index >= 15 is 0 Å². The molecule has 6 aromatic rings. The van der Waals surface area contributed by atoms with Crippen LogP contribution in [0.2, 0.25) is 0 Å². The van der Waals surface area contributed by atoms with Crippen LogP contribution in [0, 0.1) is 0 Å². The SMILES string of the molecule is CCCC[n+]1c(C2C(=O)C(c3ccc(-c4ccc(C5=C(O)C(c6oc7ccccc7[n+]6CCCC)C5=O)cc4)cc3)=C2O)oc2ccccc21. The van der Waals surface area contributed by atoms with E-state index in [1.165, 1.54) is 0 Å². The topological polar surface area (TPSA) is 109 Å². The van der Waals surface area contributed by atoms with Gasteiger partial charge in [-0.05, 0) is 34.4 Å². The molecule has 2 aromatic heterocycles. The van der Waals surface area contributed by atoms with Gasteiger partial charge >= 0.3 is 11.8 Å². The van der Waals surface area contributed by atoms with Crippen molar-refractivity contribution in [1.29, 1.82) is 0 Å². The van der Waals surface area contributed by atoms with Gasteiger partial charge in [-0.3, -0.25) is 9.59 Å². The molecule has 0 spiro atoms. The summed E-state index contributed by atoms with van der Waals surface area (Å²) >= 11 is 0. The second-order valence-corrected chi connectivity index (χ2v) is 13.1. The summed E-state index contributed by atoms with van der Waals surface area (Å²) in [4.78, 5) is 27.0. The van der Waals surface area contributed by atoms with Crippen molar-refractivity contribution in [3.8, 4) is 11.1 Å². The van der Waals surface area contributed by atoms with Crippen LogP contribution in [-0.4, -0.2) is 21.8 Å². The zero-order valence-electron chi connectivity index (χ0n) is 28.1. The number of nitrogens with zero attached hydrogens (tertiary/aromatic N) is 2. The van der Waals surface area contributed by atoms with Crippen LogP contribution in [0.15, 0.2) is 117 Å². The number of para-hydroxylation sites is 4. The van der Waals surface area contributed by atoms with Crippen molar-refractivity contribution < 1.29 is 37.8 Å². The zero-order chi connectivity index (χ0) is 34.5. The number of unbranched alkanes of at least 4 members (excludes halogenated alkanes) is 2. The van der Waals surface area contributed by atoms with Crippen LogP contribution in [0.3, 0.4) is 0 Å². The summed E-state index contributed by atoms with van der Waals surface area (Å²) in [6.45, 7) is 5.64. The van der Waals surface area contributed by atoms with Gasteiger partial charge in [0, 0.05) is 25.0 Å². The standard InChI is InChI=1S/C42H36N2O6/c1-3-5-23-43-29-11-7-9-13-31(29)49-41(43)35-37(45)33(38(35)46)27-19-15-25(16-20-27)26-17-21-28(22-18-26)34-39(47)36(40(34)48)42-44(24-6-4-2)30-12-8-10-14-32(30)50-42/h7-22,35-36H,3-6,23-24H2,1-2H3/p+2. The first kappa shape index (κ1) is 31.5. The Morgan fingerprint density at radius 1 is 0.540 bits per heavy atom. The minimum Gasteiger partial charge on any atom is -0.510 e. The number of aliphatic hydroxyl groups excluding tert-OH is 2. The molecule has 8 nitrogen and oxygen atoms in total. The summed E-state index contributed by atoms with van der Waals surface area (Å²) in [6, 6.07) is 30.4. The van der Waals surface area contributed by atoms with E-state index in [1.807, 2.05) is 106 Å². The van der Waals surface area contributed by atoms with Crippen LogP contribution in [-0.2, 0) is 22.7 Å². The molecular weight excluding hydrogens is 628 g/mol. The van der Waals surface area contributed by atoms with E-state index in [0.29, 0.717) is 58.3 Å². The Labute approximate surface area is 289 Å². The van der Waals surface area contributed by atoms with E-state index in [4.69, 9.17) is 8.83 Å². The average molecular weight is 667 g/mol. The van der Waals surface area contributed by atoms with Gasteiger partial charge in [0.1, 0.15) is 11.5 Å². The highest BCUT2D eigenvalue weighted by molar-refractivity contribution is 6.32. The van der Waals surface area contributed by atoms with Gasteiger partial charge in [0.05, 0.1) is 11.1 Å². The Balaban J connectivity index is 1.02. The van der Waals surface area contributed by atoms with E-state index in [0.717, 1.165) is 47.8 Å². The first-order valence-corrected chi connectivity index (χ1v) is 17.4. The lowest BCUT2D eigenvalue weighted by atomic mass is 9.78. The van der Waals surface area contributed by atoms with Crippen molar-refractivity contribution in [1.82, 2.24) is 0 Å². The van der Waals surface area contributed by atoms with Crippen LogP contribution in [0.5, 0.6) is 0 Å². The van der Waals surface area contributed by atoms with Crippen molar-refractivity contribution in [2.24, 2.45) is 0 Å². The van der Waals surface area contributed by atoms with E-state index in [1.54, 1.807) is 0 Å². The highest BCUT2D eigenvalue weighted by Gasteiger charge is 2.50. The fourth-order valence-electron chi connectivity index (χ4n) is 7.25. The minimum atomic E-state index is -0.825. The van der Waals surface area contributed by atoms with Crippen LogP contribution in [0.1, 0.15) is 74.3 Å². The monoisotopic (exact) mass is 666 g/mol. The summed E-state index contributed by atoms with van der Waals surface area (Å²) in [5, 5.41) is 22.3. The Morgan fingerprint density at radius 3 is 1.26 bits per heavy atom. The van der Waals surface area contributed by atoms with Crippen LogP contribution in [0.25, 0.3) is 44.5 Å². The number of aromatic nitrogens is 2. The quantitative estimate of drug-likeness (QED) is 0.135. The number of aryl methyl sites for hydroxylation is 2. The fraction of sp³-hybridized carbons (Fsp3) is 0.238. The summed E-state index contributed by atoms with van der Waals surface area (Å²) < 4.78 is 16.3. The number of rotatable bonds is 11. The van der Waals surface area contributed by atoms with E-state index in [-0.39, 0.29) is 23.1 Å². The van der Waals surface area contributed by atoms with Crippen LogP contribution >= 0.6 is 0 Å². The van der Waals surface area contributed by atoms with Gasteiger partial charge in [0.2, 0.25) is 23.0 Å². The molecule has 0 bridgehead atoms. The molecule has 8 rings (SSSR count). The maximum absolute atomic E-state index is 13.5. The molecule has 0 amide bonds. The van der Waals surface area contributed by atoms with E-state index in [2.05, 4.69) is 13.8 Å². The first-order chi connectivity index (χ1) is 24.4. The van der Waals surface area contributed by atoms with E-state index < -0.39 is 11.8 Å². The number of aliphatic hydroxyl groups is 2. The van der Waals surface area contributed by atoms with Gasteiger partial charge in [-0.25, -0.2) is 0 Å². The second-order valence-electron chi connectivity index (χ2n) is 13.1. The Bertz CT molecular complexity index is 2190. The molecule has 4 aromatic carbocycles. The van der Waals surface area contributed by atoms with Crippen molar-refractivity contribution in [2.45, 2.75) is 64.5 Å². The average Bonchev–Trinajstić information content (AvgIpc) is 3.67. The predicted octanol–water partition coefficient (Wildman–Crippen LogP) is 8.29. The summed E-state index contributed by atoms with van der Waals surface area (Å²) in [6.07, 6.45) is 3.85. The van der Waals surface area contributed by atoms with Crippen LogP contribution in [0.4, 0.5) is 0 Å². The molecule has 2 aliphatic rings. The number of hydrogen-bond acceptors (Lipinski definition) is 6. The van der Waals surface area contributed by atoms with Gasteiger partial charge in [-0.15, -0.1) is 0 Å². The molecule has 2 heterocycles. The molecule has 8 heteroatoms. The van der Waals surface area contributed by atoms with Crippen molar-refractivity contribution in [3.63, 3.8) is 0 Å². The van der Waals surface area contributed by atoms with Gasteiger partial charge in [-0.2, -0.15) is 9.13 Å². The van der Waals surface area contributed by atoms with Gasteiger partial charge in [0.15, 0.2) is 24.7 Å². The molecule has 0 radical (unpaired) electrons. The Hall–Kier alpha value is -5.76. The maximum Gasteiger partial charge on any atom is 0.367 e. The molecule has 2 atom stereocenters. The number of hydrogen-bond donors (Lipinski definition) is 2. The minimum absolute atomic E-state index is 0.0199. The molecule has 2 aliphatic carbocycles. The third kappa shape index (κ3) is 4.97. The number of carbonyl (C=O) groups excluding carboxylic acids is 2. The van der Waals surface area contributed by atoms with Gasteiger partial charge < -0.3 is 19.0 Å². The summed E-state index contributed by atoms with van der Waals surface area (Å²) in [7, 11) is 0. The highest BCUT2D eigenvalue weighted by atomic mass is 16.4. The van der Waals surface area contributed by atoms with Gasteiger partial charge in [-0.1, -0.05) is 99.5 Å². The van der Waals surface area contributed by atoms with Gasteiger partial charge in [0.25, 0.3) is 11.0 Å². The number of allylic oxidation sites excluding steroid dienone is 4. The van der Waals surface area contributed by atoms with Crippen molar-refractivity contribution >= 4 is 44.9 Å². The molecule has 0 fully saturated rings.